The predicted molar refractivity (Wildman–Crippen MR) is 115 cm³/mol. The second-order valence-electron chi connectivity index (χ2n) is 7.79. The minimum absolute atomic E-state index is 0.201. The van der Waals surface area contributed by atoms with Gasteiger partial charge >= 0.3 is 0 Å². The molecule has 3 heterocycles. The van der Waals surface area contributed by atoms with Crippen molar-refractivity contribution in [2.45, 2.75) is 19.4 Å². The minimum atomic E-state index is -0.379. The van der Waals surface area contributed by atoms with Gasteiger partial charge in [0.25, 0.3) is 5.91 Å². The van der Waals surface area contributed by atoms with Gasteiger partial charge in [-0.1, -0.05) is 0 Å². The fourth-order valence-corrected chi connectivity index (χ4v) is 3.48. The van der Waals surface area contributed by atoms with Crippen LogP contribution in [0, 0.1) is 0 Å². The Labute approximate surface area is 175 Å². The number of anilines is 3. The SMILES string of the molecule is CC1(C)CNc2cc(NC(=O)C(=CN)c3ncccn3)c(N3CCOCC3)cc2O1. The molecular formula is C21H26N6O3. The van der Waals surface area contributed by atoms with E-state index >= 15 is 0 Å². The molecule has 9 heteroatoms. The average molecular weight is 410 g/mol. The van der Waals surface area contributed by atoms with E-state index in [0.29, 0.717) is 25.4 Å². The summed E-state index contributed by atoms with van der Waals surface area (Å²) in [5, 5.41) is 6.37. The molecule has 2 aliphatic heterocycles. The fraction of sp³-hybridized carbons (Fsp3) is 0.381. The second-order valence-corrected chi connectivity index (χ2v) is 7.79. The monoisotopic (exact) mass is 410 g/mol. The van der Waals surface area contributed by atoms with Crippen LogP contribution in [0.3, 0.4) is 0 Å². The van der Waals surface area contributed by atoms with E-state index < -0.39 is 0 Å². The topological polar surface area (TPSA) is 115 Å². The molecule has 0 unspecified atom stereocenters. The molecule has 0 saturated carbocycles. The normalized spacial score (nSPS) is 18.1. The third-order valence-electron chi connectivity index (χ3n) is 5.01. The zero-order chi connectivity index (χ0) is 21.1. The van der Waals surface area contributed by atoms with Gasteiger partial charge in [-0.3, -0.25) is 4.79 Å². The van der Waals surface area contributed by atoms with E-state index in [-0.39, 0.29) is 22.9 Å². The standard InChI is InChI=1S/C21H26N6O3/c1-21(2)13-25-16-10-15(17(11-18(16)30-21)27-6-8-29-9-7-27)26-20(28)14(12-22)19-23-4-3-5-24-19/h3-5,10-12,25H,6-9,13,22H2,1-2H3,(H,26,28). The van der Waals surface area contributed by atoms with E-state index in [4.69, 9.17) is 15.2 Å². The van der Waals surface area contributed by atoms with Gasteiger partial charge in [0.1, 0.15) is 11.4 Å². The molecule has 0 spiro atoms. The molecule has 0 bridgehead atoms. The summed E-state index contributed by atoms with van der Waals surface area (Å²) in [6.07, 6.45) is 4.36. The molecule has 1 saturated heterocycles. The number of hydrogen-bond acceptors (Lipinski definition) is 8. The summed E-state index contributed by atoms with van der Waals surface area (Å²) in [6.45, 7) is 7.42. The van der Waals surface area contributed by atoms with Crippen LogP contribution >= 0.6 is 0 Å². The van der Waals surface area contributed by atoms with E-state index in [1.165, 1.54) is 6.20 Å². The Hall–Kier alpha value is -3.33. The summed E-state index contributed by atoms with van der Waals surface area (Å²) in [5.41, 5.74) is 7.96. The third-order valence-corrected chi connectivity index (χ3v) is 5.01. The second kappa shape index (κ2) is 8.19. The maximum Gasteiger partial charge on any atom is 0.261 e. The fourth-order valence-electron chi connectivity index (χ4n) is 3.48. The Morgan fingerprint density at radius 1 is 1.27 bits per heavy atom. The van der Waals surface area contributed by atoms with Gasteiger partial charge in [-0.25, -0.2) is 9.97 Å². The Morgan fingerprint density at radius 3 is 2.70 bits per heavy atom. The summed E-state index contributed by atoms with van der Waals surface area (Å²) in [7, 11) is 0. The molecule has 4 N–H and O–H groups in total. The van der Waals surface area contributed by atoms with Crippen molar-refractivity contribution >= 4 is 28.5 Å². The Bertz CT molecular complexity index is 955. The molecule has 2 aromatic rings. The van der Waals surface area contributed by atoms with Gasteiger partial charge in [-0.2, -0.15) is 0 Å². The number of carbonyl (C=O) groups excluding carboxylic acids is 1. The van der Waals surface area contributed by atoms with Gasteiger partial charge in [0.15, 0.2) is 5.82 Å². The highest BCUT2D eigenvalue weighted by Gasteiger charge is 2.29. The van der Waals surface area contributed by atoms with Gasteiger partial charge in [0.2, 0.25) is 0 Å². The number of nitrogens with one attached hydrogen (secondary N) is 2. The van der Waals surface area contributed by atoms with Gasteiger partial charge < -0.3 is 30.7 Å². The van der Waals surface area contributed by atoms with Crippen LogP contribution in [-0.4, -0.2) is 54.3 Å². The molecular weight excluding hydrogens is 384 g/mol. The number of benzene rings is 1. The first-order valence-corrected chi connectivity index (χ1v) is 9.91. The highest BCUT2D eigenvalue weighted by molar-refractivity contribution is 6.25. The highest BCUT2D eigenvalue weighted by atomic mass is 16.5. The molecule has 4 rings (SSSR count). The van der Waals surface area contributed by atoms with Crippen molar-refractivity contribution in [3.8, 4) is 5.75 Å². The minimum Gasteiger partial charge on any atom is -0.484 e. The van der Waals surface area contributed by atoms with Crippen LogP contribution in [0.25, 0.3) is 5.57 Å². The molecule has 1 aromatic heterocycles. The van der Waals surface area contributed by atoms with Crippen LogP contribution in [0.15, 0.2) is 36.8 Å². The van der Waals surface area contributed by atoms with E-state index in [1.807, 2.05) is 26.0 Å². The number of fused-ring (bicyclic) bond motifs is 1. The van der Waals surface area contributed by atoms with Crippen LogP contribution in [0.5, 0.6) is 5.75 Å². The Morgan fingerprint density at radius 2 is 2.00 bits per heavy atom. The summed E-state index contributed by atoms with van der Waals surface area (Å²) >= 11 is 0. The van der Waals surface area contributed by atoms with Crippen LogP contribution < -0.4 is 26.0 Å². The lowest BCUT2D eigenvalue weighted by Crippen LogP contribution is -2.40. The van der Waals surface area contributed by atoms with Crippen molar-refractivity contribution in [2.24, 2.45) is 5.73 Å². The molecule has 30 heavy (non-hydrogen) atoms. The number of amides is 1. The van der Waals surface area contributed by atoms with Crippen molar-refractivity contribution in [3.05, 3.63) is 42.6 Å². The zero-order valence-electron chi connectivity index (χ0n) is 17.1. The van der Waals surface area contributed by atoms with Crippen molar-refractivity contribution < 1.29 is 14.3 Å². The number of hydrogen-bond donors (Lipinski definition) is 3. The molecule has 0 aliphatic carbocycles. The summed E-state index contributed by atoms with van der Waals surface area (Å²) in [6, 6.07) is 5.55. The molecule has 1 amide bonds. The molecule has 2 aliphatic rings. The van der Waals surface area contributed by atoms with Crippen LogP contribution in [-0.2, 0) is 9.53 Å². The van der Waals surface area contributed by atoms with Gasteiger partial charge in [0.05, 0.1) is 42.4 Å². The van der Waals surface area contributed by atoms with E-state index in [2.05, 4.69) is 25.5 Å². The van der Waals surface area contributed by atoms with E-state index in [0.717, 1.165) is 30.2 Å². The number of nitrogens with zero attached hydrogens (tertiary/aromatic N) is 3. The first-order valence-electron chi connectivity index (χ1n) is 9.91. The molecule has 0 atom stereocenters. The number of aromatic nitrogens is 2. The third kappa shape index (κ3) is 4.16. The first kappa shape index (κ1) is 20.0. The molecule has 1 aromatic carbocycles. The van der Waals surface area contributed by atoms with Crippen LogP contribution in [0.1, 0.15) is 19.7 Å². The van der Waals surface area contributed by atoms with E-state index in [1.54, 1.807) is 18.5 Å². The number of carbonyl (C=O) groups is 1. The Balaban J connectivity index is 1.68. The lowest BCUT2D eigenvalue weighted by Gasteiger charge is -2.36. The van der Waals surface area contributed by atoms with Crippen molar-refractivity contribution in [2.75, 3.05) is 48.4 Å². The molecule has 9 nitrogen and oxygen atoms in total. The maximum absolute atomic E-state index is 13.0. The molecule has 158 valence electrons. The quantitative estimate of drug-likeness (QED) is 0.654. The van der Waals surface area contributed by atoms with Crippen molar-refractivity contribution in [3.63, 3.8) is 0 Å². The maximum atomic E-state index is 13.0. The predicted octanol–water partition coefficient (Wildman–Crippen LogP) is 1.83. The summed E-state index contributed by atoms with van der Waals surface area (Å²) < 4.78 is 11.7. The number of ether oxygens (including phenoxy) is 2. The highest BCUT2D eigenvalue weighted by Crippen LogP contribution is 2.41. The zero-order valence-corrected chi connectivity index (χ0v) is 17.1. The summed E-state index contributed by atoms with van der Waals surface area (Å²) in [5.74, 6) is 0.647. The van der Waals surface area contributed by atoms with Gasteiger partial charge in [0, 0.05) is 37.7 Å². The number of rotatable bonds is 4. The van der Waals surface area contributed by atoms with Crippen molar-refractivity contribution in [1.29, 1.82) is 0 Å². The van der Waals surface area contributed by atoms with Gasteiger partial charge in [-0.15, -0.1) is 0 Å². The lowest BCUT2D eigenvalue weighted by atomic mass is 10.1. The van der Waals surface area contributed by atoms with Crippen LogP contribution in [0.2, 0.25) is 0 Å². The van der Waals surface area contributed by atoms with Crippen LogP contribution in [0.4, 0.5) is 17.1 Å². The molecule has 0 radical (unpaired) electrons. The summed E-state index contributed by atoms with van der Waals surface area (Å²) in [4.78, 5) is 23.5. The van der Waals surface area contributed by atoms with E-state index in [9.17, 15) is 4.79 Å². The number of morpholine rings is 1. The van der Waals surface area contributed by atoms with Crippen molar-refractivity contribution in [1.82, 2.24) is 9.97 Å². The lowest BCUT2D eigenvalue weighted by molar-refractivity contribution is -0.111. The smallest absolute Gasteiger partial charge is 0.261 e. The van der Waals surface area contributed by atoms with Gasteiger partial charge in [-0.05, 0) is 26.0 Å². The molecule has 1 fully saturated rings. The first-order chi connectivity index (χ1) is 14.5. The Kier molecular flexibility index (Phi) is 5.45. The largest absolute Gasteiger partial charge is 0.484 e. The number of nitrogens with two attached hydrogens (primary N) is 1. The average Bonchev–Trinajstić information content (AvgIpc) is 2.75.